The monoisotopic (exact) mass is 182 g/mol. The van der Waals surface area contributed by atoms with Gasteiger partial charge in [0.1, 0.15) is 5.75 Å². The van der Waals surface area contributed by atoms with Crippen LogP contribution < -0.4 is 0 Å². The molecule has 0 atom stereocenters. The van der Waals surface area contributed by atoms with Crippen molar-refractivity contribution in [2.45, 2.75) is 13.2 Å². The summed E-state index contributed by atoms with van der Waals surface area (Å²) in [5, 5.41) is 26.9. The molecule has 0 radical (unpaired) electrons. The molecule has 70 valence electrons. The maximum absolute atomic E-state index is 10.4. The Bertz CT molecular complexity index is 320. The number of hydrogen-bond acceptors (Lipinski definition) is 4. The van der Waals surface area contributed by atoms with Crippen molar-refractivity contribution in [1.29, 1.82) is 0 Å². The molecule has 4 nitrogen and oxygen atoms in total. The molecule has 0 aromatic heterocycles. The molecule has 4 heteroatoms. The Morgan fingerprint density at radius 1 is 1.23 bits per heavy atom. The van der Waals surface area contributed by atoms with Gasteiger partial charge in [0.25, 0.3) is 0 Å². The highest BCUT2D eigenvalue weighted by Gasteiger charge is 2.07. The lowest BCUT2D eigenvalue weighted by atomic mass is 10.1. The minimum atomic E-state index is -0.361. The molecular formula is C9H10O4. The van der Waals surface area contributed by atoms with Gasteiger partial charge < -0.3 is 15.3 Å². The summed E-state index contributed by atoms with van der Waals surface area (Å²) < 4.78 is 0. The second kappa shape index (κ2) is 4.02. The first-order valence-electron chi connectivity index (χ1n) is 3.74. The highest BCUT2D eigenvalue weighted by molar-refractivity contribution is 5.80. The van der Waals surface area contributed by atoms with Crippen LogP contribution in [0.4, 0.5) is 0 Å². The van der Waals surface area contributed by atoms with Gasteiger partial charge in [-0.05, 0) is 17.7 Å². The van der Waals surface area contributed by atoms with Crippen LogP contribution in [-0.4, -0.2) is 21.6 Å². The predicted molar refractivity (Wildman–Crippen MR) is 45.3 cm³/mol. The minimum Gasteiger partial charge on any atom is -0.507 e. The average Bonchev–Trinajstić information content (AvgIpc) is 2.18. The molecule has 0 spiro atoms. The number of aliphatic hydroxyl groups excluding tert-OH is 2. The Morgan fingerprint density at radius 3 is 2.38 bits per heavy atom. The lowest BCUT2D eigenvalue weighted by molar-refractivity contribution is 0.112. The van der Waals surface area contributed by atoms with Gasteiger partial charge in [-0.1, -0.05) is 0 Å². The summed E-state index contributed by atoms with van der Waals surface area (Å²) in [6.07, 6.45) is 0.480. The Labute approximate surface area is 75.1 Å². The first-order chi connectivity index (χ1) is 6.22. The van der Waals surface area contributed by atoms with Crippen LogP contribution in [0.15, 0.2) is 12.1 Å². The first-order valence-corrected chi connectivity index (χ1v) is 3.74. The third-order valence-electron chi connectivity index (χ3n) is 1.76. The lowest BCUT2D eigenvalue weighted by Crippen LogP contribution is -1.94. The third-order valence-corrected chi connectivity index (χ3v) is 1.76. The van der Waals surface area contributed by atoms with Crippen molar-refractivity contribution in [3.63, 3.8) is 0 Å². The van der Waals surface area contributed by atoms with E-state index in [4.69, 9.17) is 10.2 Å². The summed E-state index contributed by atoms with van der Waals surface area (Å²) >= 11 is 0. The number of phenols is 1. The van der Waals surface area contributed by atoms with E-state index in [9.17, 15) is 9.90 Å². The number of aldehydes is 1. The topological polar surface area (TPSA) is 77.8 Å². The molecule has 1 aromatic rings. The first kappa shape index (κ1) is 9.70. The molecular weight excluding hydrogens is 172 g/mol. The van der Waals surface area contributed by atoms with Gasteiger partial charge in [-0.2, -0.15) is 0 Å². The van der Waals surface area contributed by atoms with Crippen LogP contribution in [0.5, 0.6) is 5.75 Å². The van der Waals surface area contributed by atoms with Crippen molar-refractivity contribution in [3.8, 4) is 5.75 Å². The van der Waals surface area contributed by atoms with Crippen molar-refractivity contribution in [2.24, 2.45) is 0 Å². The number of aliphatic hydroxyl groups is 2. The third kappa shape index (κ3) is 1.85. The molecule has 0 saturated heterocycles. The van der Waals surface area contributed by atoms with E-state index in [1.807, 2.05) is 0 Å². The number of carbonyl (C=O) groups is 1. The van der Waals surface area contributed by atoms with Gasteiger partial charge >= 0.3 is 0 Å². The van der Waals surface area contributed by atoms with E-state index >= 15 is 0 Å². The second-order valence-electron chi connectivity index (χ2n) is 2.63. The van der Waals surface area contributed by atoms with Gasteiger partial charge in [0.05, 0.1) is 18.8 Å². The number of carbonyl (C=O) groups excluding carboxylic acids is 1. The van der Waals surface area contributed by atoms with E-state index in [2.05, 4.69) is 0 Å². The number of rotatable bonds is 3. The zero-order chi connectivity index (χ0) is 9.84. The summed E-state index contributed by atoms with van der Waals surface area (Å²) in [7, 11) is 0. The Balaban J connectivity index is 3.28. The predicted octanol–water partition coefficient (Wildman–Crippen LogP) is 0.189. The van der Waals surface area contributed by atoms with Crippen molar-refractivity contribution < 1.29 is 20.1 Å². The van der Waals surface area contributed by atoms with Crippen LogP contribution in [0.1, 0.15) is 21.5 Å². The number of aromatic hydroxyl groups is 1. The Hall–Kier alpha value is -1.39. The Morgan fingerprint density at radius 2 is 1.92 bits per heavy atom. The van der Waals surface area contributed by atoms with Crippen LogP contribution in [0.25, 0.3) is 0 Å². The highest BCUT2D eigenvalue weighted by atomic mass is 16.3. The smallest absolute Gasteiger partial charge is 0.153 e. The molecule has 0 amide bonds. The quantitative estimate of drug-likeness (QED) is 0.583. The molecule has 0 aliphatic heterocycles. The van der Waals surface area contributed by atoms with E-state index < -0.39 is 0 Å². The van der Waals surface area contributed by atoms with Crippen LogP contribution in [-0.2, 0) is 13.2 Å². The van der Waals surface area contributed by atoms with Gasteiger partial charge in [-0.25, -0.2) is 0 Å². The normalized spacial score (nSPS) is 10.0. The Kier molecular flexibility index (Phi) is 3.00. The van der Waals surface area contributed by atoms with Gasteiger partial charge in [0, 0.05) is 5.56 Å². The van der Waals surface area contributed by atoms with Gasteiger partial charge in [0.2, 0.25) is 0 Å². The largest absolute Gasteiger partial charge is 0.507 e. The van der Waals surface area contributed by atoms with Crippen LogP contribution in [0.3, 0.4) is 0 Å². The fraction of sp³-hybridized carbons (Fsp3) is 0.222. The fourth-order valence-corrected chi connectivity index (χ4v) is 1.09. The molecule has 0 unspecified atom stereocenters. The summed E-state index contributed by atoms with van der Waals surface area (Å²) in [6.45, 7) is -0.589. The van der Waals surface area contributed by atoms with Crippen LogP contribution in [0, 0.1) is 0 Å². The van der Waals surface area contributed by atoms with Crippen LogP contribution in [0.2, 0.25) is 0 Å². The molecule has 0 heterocycles. The van der Waals surface area contributed by atoms with Gasteiger partial charge in [-0.3, -0.25) is 4.79 Å². The van der Waals surface area contributed by atoms with Crippen LogP contribution >= 0.6 is 0 Å². The summed E-state index contributed by atoms with van der Waals surface area (Å²) in [4.78, 5) is 10.4. The van der Waals surface area contributed by atoms with E-state index in [1.54, 1.807) is 0 Å². The summed E-state index contributed by atoms with van der Waals surface area (Å²) in [5.41, 5.74) is 0.813. The van der Waals surface area contributed by atoms with E-state index in [-0.39, 0.29) is 30.1 Å². The molecule has 3 N–H and O–H groups in total. The van der Waals surface area contributed by atoms with Crippen molar-refractivity contribution in [2.75, 3.05) is 0 Å². The molecule has 0 fully saturated rings. The summed E-state index contributed by atoms with van der Waals surface area (Å²) in [5.74, 6) is -0.227. The average molecular weight is 182 g/mol. The highest BCUT2D eigenvalue weighted by Crippen LogP contribution is 2.23. The maximum atomic E-state index is 10.4. The SMILES string of the molecule is O=Cc1cc(CO)cc(CO)c1O. The van der Waals surface area contributed by atoms with Crippen molar-refractivity contribution in [1.82, 2.24) is 0 Å². The second-order valence-corrected chi connectivity index (χ2v) is 2.63. The standard InChI is InChI=1S/C9H10O4/c10-3-6-1-7(4-11)9(13)8(2-6)5-12/h1-2,4,10,12-13H,3,5H2. The number of benzene rings is 1. The maximum Gasteiger partial charge on any atom is 0.153 e. The number of hydrogen-bond donors (Lipinski definition) is 3. The molecule has 0 aliphatic rings. The summed E-state index contributed by atoms with van der Waals surface area (Å²) in [6, 6.07) is 2.82. The molecule has 1 aromatic carbocycles. The fourth-order valence-electron chi connectivity index (χ4n) is 1.09. The van der Waals surface area contributed by atoms with Gasteiger partial charge in [-0.15, -0.1) is 0 Å². The lowest BCUT2D eigenvalue weighted by Gasteiger charge is -2.06. The molecule has 0 aliphatic carbocycles. The van der Waals surface area contributed by atoms with E-state index in [1.165, 1.54) is 12.1 Å². The van der Waals surface area contributed by atoms with E-state index in [0.29, 0.717) is 11.8 Å². The van der Waals surface area contributed by atoms with Gasteiger partial charge in [0.15, 0.2) is 6.29 Å². The zero-order valence-electron chi connectivity index (χ0n) is 6.90. The van der Waals surface area contributed by atoms with Crippen molar-refractivity contribution in [3.05, 3.63) is 28.8 Å². The molecule has 13 heavy (non-hydrogen) atoms. The zero-order valence-corrected chi connectivity index (χ0v) is 6.90. The molecule has 0 bridgehead atoms. The van der Waals surface area contributed by atoms with E-state index in [0.717, 1.165) is 0 Å². The minimum absolute atomic E-state index is 0.0793. The molecule has 1 rings (SSSR count). The molecule has 0 saturated carbocycles. The van der Waals surface area contributed by atoms with Crippen molar-refractivity contribution >= 4 is 6.29 Å².